The summed E-state index contributed by atoms with van der Waals surface area (Å²) >= 11 is 6.93. The molecule has 1 aromatic carbocycles. The normalized spacial score (nSPS) is 15.2. The maximum atomic E-state index is 14.4. The predicted octanol–water partition coefficient (Wildman–Crippen LogP) is 3.86. The standard InChI is InChI=1S/C19H26FN5OS2/c1-13(2)11-21-18-22-25(19(27)28-18)12-23-6-8-24(9-7-23)17-5-4-15(14(3)26)10-16(17)20/h4-5,10,13H,6-9,11-12H2,1-3H3,(H,21,22). The summed E-state index contributed by atoms with van der Waals surface area (Å²) in [6, 6.07) is 4.71. The number of carbonyl (C=O) groups is 1. The number of aromatic nitrogens is 2. The Morgan fingerprint density at radius 1 is 1.32 bits per heavy atom. The van der Waals surface area contributed by atoms with Crippen LogP contribution in [0.25, 0.3) is 0 Å². The zero-order valence-electron chi connectivity index (χ0n) is 16.4. The highest BCUT2D eigenvalue weighted by Gasteiger charge is 2.21. The van der Waals surface area contributed by atoms with Crippen molar-refractivity contribution in [3.8, 4) is 0 Å². The van der Waals surface area contributed by atoms with E-state index in [9.17, 15) is 9.18 Å². The van der Waals surface area contributed by atoms with Gasteiger partial charge in [-0.3, -0.25) is 9.69 Å². The molecule has 1 aromatic heterocycles. The molecule has 0 bridgehead atoms. The monoisotopic (exact) mass is 423 g/mol. The second-order valence-electron chi connectivity index (χ2n) is 7.42. The van der Waals surface area contributed by atoms with Crippen molar-refractivity contribution in [2.24, 2.45) is 5.92 Å². The van der Waals surface area contributed by atoms with Crippen LogP contribution >= 0.6 is 23.6 Å². The van der Waals surface area contributed by atoms with Gasteiger partial charge in [-0.15, -0.1) is 5.10 Å². The van der Waals surface area contributed by atoms with Crippen molar-refractivity contribution in [1.82, 2.24) is 14.7 Å². The van der Waals surface area contributed by atoms with Gasteiger partial charge in [0.05, 0.1) is 12.4 Å². The molecule has 0 atom stereocenters. The zero-order chi connectivity index (χ0) is 20.3. The molecule has 1 aliphatic heterocycles. The van der Waals surface area contributed by atoms with Crippen LogP contribution in [0.2, 0.25) is 0 Å². The van der Waals surface area contributed by atoms with Gasteiger partial charge in [0.2, 0.25) is 5.13 Å². The molecule has 1 N–H and O–H groups in total. The predicted molar refractivity (Wildman–Crippen MR) is 114 cm³/mol. The van der Waals surface area contributed by atoms with Crippen molar-refractivity contribution < 1.29 is 9.18 Å². The Balaban J connectivity index is 1.57. The lowest BCUT2D eigenvalue weighted by Crippen LogP contribution is -2.47. The number of Topliss-reactive ketones (excluding diaryl/α,β-unsaturated/α-hetero) is 1. The Labute approximate surface area is 174 Å². The number of halogens is 1. The molecular formula is C19H26FN5OS2. The van der Waals surface area contributed by atoms with E-state index >= 15 is 0 Å². The molecule has 1 saturated heterocycles. The van der Waals surface area contributed by atoms with E-state index in [0.717, 1.165) is 28.7 Å². The van der Waals surface area contributed by atoms with Gasteiger partial charge in [0.25, 0.3) is 0 Å². The Hall–Kier alpha value is -1.84. The van der Waals surface area contributed by atoms with Gasteiger partial charge < -0.3 is 10.2 Å². The fourth-order valence-electron chi connectivity index (χ4n) is 3.06. The second-order valence-corrected chi connectivity index (χ2v) is 9.04. The van der Waals surface area contributed by atoms with E-state index in [1.54, 1.807) is 12.1 Å². The van der Waals surface area contributed by atoms with E-state index in [1.807, 2.05) is 9.58 Å². The average molecular weight is 424 g/mol. The van der Waals surface area contributed by atoms with E-state index in [-0.39, 0.29) is 11.6 Å². The third kappa shape index (κ3) is 5.15. The van der Waals surface area contributed by atoms with Gasteiger partial charge in [0, 0.05) is 38.3 Å². The molecule has 1 aliphatic rings. The lowest BCUT2D eigenvalue weighted by Gasteiger charge is -2.36. The molecule has 6 nitrogen and oxygen atoms in total. The number of carbonyl (C=O) groups excluding carboxylic acids is 1. The number of nitrogens with one attached hydrogen (secondary N) is 1. The number of benzene rings is 1. The van der Waals surface area contributed by atoms with Gasteiger partial charge in [-0.05, 0) is 43.3 Å². The number of hydrogen-bond acceptors (Lipinski definition) is 7. The Morgan fingerprint density at radius 3 is 2.64 bits per heavy atom. The van der Waals surface area contributed by atoms with Gasteiger partial charge in [-0.1, -0.05) is 25.2 Å². The van der Waals surface area contributed by atoms with Crippen molar-refractivity contribution in [3.05, 3.63) is 33.5 Å². The van der Waals surface area contributed by atoms with Crippen LogP contribution < -0.4 is 10.2 Å². The number of hydrogen-bond donors (Lipinski definition) is 1. The van der Waals surface area contributed by atoms with Crippen molar-refractivity contribution >= 4 is 40.2 Å². The summed E-state index contributed by atoms with van der Waals surface area (Å²) in [5.41, 5.74) is 0.953. The minimum absolute atomic E-state index is 0.127. The summed E-state index contributed by atoms with van der Waals surface area (Å²) in [6.07, 6.45) is 0. The summed E-state index contributed by atoms with van der Waals surface area (Å²) in [7, 11) is 0. The maximum absolute atomic E-state index is 14.4. The van der Waals surface area contributed by atoms with Crippen LogP contribution in [0.5, 0.6) is 0 Å². The van der Waals surface area contributed by atoms with Crippen molar-refractivity contribution in [2.45, 2.75) is 27.4 Å². The molecule has 0 radical (unpaired) electrons. The molecule has 2 heterocycles. The van der Waals surface area contributed by atoms with Crippen LogP contribution in [0.3, 0.4) is 0 Å². The fourth-order valence-corrected chi connectivity index (χ4v) is 4.06. The first kappa shape index (κ1) is 20.9. The van der Waals surface area contributed by atoms with E-state index in [4.69, 9.17) is 12.2 Å². The average Bonchev–Trinajstić information content (AvgIpc) is 3.00. The number of piperazine rings is 1. The molecule has 9 heteroatoms. The fraction of sp³-hybridized carbons (Fsp3) is 0.526. The van der Waals surface area contributed by atoms with Gasteiger partial charge in [-0.2, -0.15) is 0 Å². The molecule has 28 heavy (non-hydrogen) atoms. The molecule has 1 fully saturated rings. The number of nitrogens with zero attached hydrogens (tertiary/aromatic N) is 4. The molecule has 3 rings (SSSR count). The highest BCUT2D eigenvalue weighted by Crippen LogP contribution is 2.23. The second kappa shape index (κ2) is 9.11. The Bertz CT molecular complexity index is 887. The first-order chi connectivity index (χ1) is 13.3. The van der Waals surface area contributed by atoms with Gasteiger partial charge in [-0.25, -0.2) is 9.07 Å². The molecule has 0 unspecified atom stereocenters. The van der Waals surface area contributed by atoms with Crippen LogP contribution in [0, 0.1) is 15.7 Å². The third-order valence-electron chi connectivity index (χ3n) is 4.67. The van der Waals surface area contributed by atoms with Crippen LogP contribution in [0.1, 0.15) is 31.1 Å². The summed E-state index contributed by atoms with van der Waals surface area (Å²) in [5.74, 6) is 0.0742. The van der Waals surface area contributed by atoms with Crippen LogP contribution in [0.4, 0.5) is 15.2 Å². The van der Waals surface area contributed by atoms with E-state index in [1.165, 1.54) is 24.3 Å². The summed E-state index contributed by atoms with van der Waals surface area (Å²) < 4.78 is 17.0. The van der Waals surface area contributed by atoms with Crippen molar-refractivity contribution in [3.63, 3.8) is 0 Å². The van der Waals surface area contributed by atoms with Crippen molar-refractivity contribution in [1.29, 1.82) is 0 Å². The number of anilines is 2. The van der Waals surface area contributed by atoms with Gasteiger partial charge in [0.15, 0.2) is 9.74 Å². The minimum Gasteiger partial charge on any atom is -0.367 e. The number of ketones is 1. The molecule has 0 aliphatic carbocycles. The largest absolute Gasteiger partial charge is 0.367 e. The van der Waals surface area contributed by atoms with E-state index < -0.39 is 0 Å². The maximum Gasteiger partial charge on any atom is 0.204 e. The van der Waals surface area contributed by atoms with E-state index in [2.05, 4.69) is 29.2 Å². The quantitative estimate of drug-likeness (QED) is 0.539. The third-order valence-corrected chi connectivity index (χ3v) is 5.93. The SMILES string of the molecule is CC(=O)c1ccc(N2CCN(Cn3nc(NCC(C)C)sc3=S)CC2)c(F)c1. The van der Waals surface area contributed by atoms with Crippen LogP contribution in [-0.2, 0) is 6.67 Å². The van der Waals surface area contributed by atoms with Gasteiger partial charge >= 0.3 is 0 Å². The first-order valence-electron chi connectivity index (χ1n) is 9.43. The molecule has 0 spiro atoms. The van der Waals surface area contributed by atoms with Crippen LogP contribution in [-0.4, -0.2) is 53.2 Å². The summed E-state index contributed by atoms with van der Waals surface area (Å²) in [5, 5.41) is 8.74. The smallest absolute Gasteiger partial charge is 0.204 e. The molecular weight excluding hydrogens is 397 g/mol. The molecule has 0 saturated carbocycles. The van der Waals surface area contributed by atoms with E-state index in [0.29, 0.717) is 36.9 Å². The molecule has 152 valence electrons. The Morgan fingerprint density at radius 2 is 2.04 bits per heavy atom. The zero-order valence-corrected chi connectivity index (χ0v) is 18.1. The van der Waals surface area contributed by atoms with Gasteiger partial charge in [0.1, 0.15) is 5.82 Å². The lowest BCUT2D eigenvalue weighted by molar-refractivity contribution is 0.101. The van der Waals surface area contributed by atoms with Crippen molar-refractivity contribution in [2.75, 3.05) is 42.9 Å². The minimum atomic E-state index is -0.344. The number of rotatable bonds is 7. The summed E-state index contributed by atoms with van der Waals surface area (Å²) in [6.45, 7) is 10.3. The lowest BCUT2D eigenvalue weighted by atomic mass is 10.1. The Kier molecular flexibility index (Phi) is 6.79. The highest BCUT2D eigenvalue weighted by molar-refractivity contribution is 7.73. The highest BCUT2D eigenvalue weighted by atomic mass is 32.1. The summed E-state index contributed by atoms with van der Waals surface area (Å²) in [4.78, 5) is 15.7. The topological polar surface area (TPSA) is 53.4 Å². The van der Waals surface area contributed by atoms with Crippen LogP contribution in [0.15, 0.2) is 18.2 Å². The first-order valence-corrected chi connectivity index (χ1v) is 10.7. The molecule has 0 amide bonds. The molecule has 2 aromatic rings.